The summed E-state index contributed by atoms with van der Waals surface area (Å²) in [4.78, 5) is 25.6. The number of carboxylic acids is 1. The first-order valence-electron chi connectivity index (χ1n) is 8.86. The Morgan fingerprint density at radius 1 is 1.21 bits per heavy atom. The van der Waals surface area contributed by atoms with E-state index in [1.807, 2.05) is 4.90 Å². The lowest BCUT2D eigenvalue weighted by molar-refractivity contribution is -0.200. The number of ether oxygens (including phenoxy) is 2. The van der Waals surface area contributed by atoms with Crippen molar-refractivity contribution in [2.75, 3.05) is 32.8 Å². The van der Waals surface area contributed by atoms with Gasteiger partial charge in [-0.25, -0.2) is 14.0 Å². The van der Waals surface area contributed by atoms with Crippen LogP contribution in [0.1, 0.15) is 18.1 Å². The van der Waals surface area contributed by atoms with E-state index >= 15 is 0 Å². The lowest BCUT2D eigenvalue weighted by Gasteiger charge is -2.35. The molecule has 1 heterocycles. The van der Waals surface area contributed by atoms with Crippen LogP contribution >= 0.6 is 0 Å². The smallest absolute Gasteiger partial charge is 0.425 e. The van der Waals surface area contributed by atoms with E-state index in [2.05, 4.69) is 4.74 Å². The Balaban J connectivity index is 1.96. The second-order valence-electron chi connectivity index (χ2n) is 6.70. The highest BCUT2D eigenvalue weighted by Crippen LogP contribution is 2.28. The van der Waals surface area contributed by atoms with E-state index in [1.165, 1.54) is 11.8 Å². The van der Waals surface area contributed by atoms with E-state index in [0.717, 1.165) is 6.92 Å². The van der Waals surface area contributed by atoms with Gasteiger partial charge in [-0.2, -0.15) is 13.2 Å². The molecule has 0 aromatic heterocycles. The fourth-order valence-corrected chi connectivity index (χ4v) is 2.73. The summed E-state index contributed by atoms with van der Waals surface area (Å²) < 4.78 is 61.4. The van der Waals surface area contributed by atoms with Crippen LogP contribution in [0.5, 0.6) is 5.75 Å². The molecule has 162 valence electrons. The average Bonchev–Trinajstić information content (AvgIpc) is 2.64. The van der Waals surface area contributed by atoms with Crippen molar-refractivity contribution in [3.63, 3.8) is 0 Å². The number of carboxylic acid groups (broad SMARTS) is 1. The highest BCUT2D eigenvalue weighted by molar-refractivity contribution is 5.68. The van der Waals surface area contributed by atoms with Crippen molar-refractivity contribution >= 4 is 12.1 Å². The van der Waals surface area contributed by atoms with Gasteiger partial charge in [0.2, 0.25) is 0 Å². The minimum atomic E-state index is -4.63. The third-order valence-corrected chi connectivity index (χ3v) is 4.47. The number of amides is 1. The van der Waals surface area contributed by atoms with E-state index < -0.39 is 36.8 Å². The monoisotopic (exact) mass is 422 g/mol. The molecule has 11 heteroatoms. The maximum Gasteiger partial charge on any atom is 0.425 e. The van der Waals surface area contributed by atoms with Crippen molar-refractivity contribution in [1.29, 1.82) is 0 Å². The largest absolute Gasteiger partial charge is 0.479 e. The van der Waals surface area contributed by atoms with Gasteiger partial charge in [0.25, 0.3) is 0 Å². The Morgan fingerprint density at radius 2 is 1.83 bits per heavy atom. The first-order valence-corrected chi connectivity index (χ1v) is 8.86. The minimum Gasteiger partial charge on any atom is -0.479 e. The number of halogens is 4. The van der Waals surface area contributed by atoms with Gasteiger partial charge in [0.05, 0.1) is 0 Å². The molecule has 1 aromatic rings. The molecule has 0 bridgehead atoms. The van der Waals surface area contributed by atoms with Crippen molar-refractivity contribution in [3.05, 3.63) is 29.1 Å². The Bertz CT molecular complexity index is 749. The summed E-state index contributed by atoms with van der Waals surface area (Å²) in [7, 11) is 0. The lowest BCUT2D eigenvalue weighted by Crippen LogP contribution is -2.49. The number of carbonyl (C=O) groups is 2. The van der Waals surface area contributed by atoms with Crippen molar-refractivity contribution in [3.8, 4) is 5.75 Å². The van der Waals surface area contributed by atoms with Crippen molar-refractivity contribution < 1.29 is 41.7 Å². The van der Waals surface area contributed by atoms with Crippen LogP contribution in [0, 0.1) is 12.7 Å². The Kier molecular flexibility index (Phi) is 7.28. The Hall–Kier alpha value is -2.56. The van der Waals surface area contributed by atoms with Crippen LogP contribution in [0.3, 0.4) is 0 Å². The van der Waals surface area contributed by atoms with Gasteiger partial charge in [0, 0.05) is 38.3 Å². The van der Waals surface area contributed by atoms with Gasteiger partial charge in [-0.3, -0.25) is 4.90 Å². The van der Waals surface area contributed by atoms with Crippen LogP contribution in [0.25, 0.3) is 0 Å². The third-order valence-electron chi connectivity index (χ3n) is 4.47. The summed E-state index contributed by atoms with van der Waals surface area (Å²) in [6, 6.07) is 3.17. The predicted octanol–water partition coefficient (Wildman–Crippen LogP) is 2.80. The number of alkyl halides is 3. The number of piperazine rings is 1. The number of aryl methyl sites for hydroxylation is 1. The van der Waals surface area contributed by atoms with Crippen LogP contribution in [0.15, 0.2) is 12.1 Å². The zero-order valence-electron chi connectivity index (χ0n) is 16.0. The summed E-state index contributed by atoms with van der Waals surface area (Å²) in [6.45, 7) is 2.76. The molecule has 1 atom stereocenters. The number of aliphatic carboxylic acids is 1. The Labute approximate surface area is 164 Å². The van der Waals surface area contributed by atoms with Crippen molar-refractivity contribution in [1.82, 2.24) is 9.80 Å². The zero-order valence-corrected chi connectivity index (χ0v) is 16.0. The third kappa shape index (κ3) is 6.21. The average molecular weight is 422 g/mol. The molecule has 1 fully saturated rings. The normalized spacial score (nSPS) is 16.4. The molecule has 2 rings (SSSR count). The van der Waals surface area contributed by atoms with Gasteiger partial charge in [-0.05, 0) is 19.4 Å². The number of rotatable bonds is 6. The number of benzene rings is 1. The van der Waals surface area contributed by atoms with Gasteiger partial charge in [0.1, 0.15) is 0 Å². The van der Waals surface area contributed by atoms with E-state index in [-0.39, 0.29) is 25.4 Å². The van der Waals surface area contributed by atoms with Crippen LogP contribution < -0.4 is 4.74 Å². The van der Waals surface area contributed by atoms with E-state index in [1.54, 1.807) is 12.1 Å². The minimum absolute atomic E-state index is 0.142. The number of carbonyl (C=O) groups excluding carboxylic acids is 1. The molecule has 0 aliphatic carbocycles. The maximum absolute atomic E-state index is 14.4. The van der Waals surface area contributed by atoms with E-state index in [4.69, 9.17) is 9.84 Å². The molecule has 1 N–H and O–H groups in total. The predicted molar refractivity (Wildman–Crippen MR) is 93.1 cm³/mol. The van der Waals surface area contributed by atoms with Crippen LogP contribution in [-0.4, -0.2) is 72.0 Å². The number of hydrogen-bond acceptors (Lipinski definition) is 5. The molecule has 29 heavy (non-hydrogen) atoms. The molecule has 1 amide bonds. The quantitative estimate of drug-likeness (QED) is 0.711. The van der Waals surface area contributed by atoms with Crippen LogP contribution in [0.4, 0.5) is 22.4 Å². The highest BCUT2D eigenvalue weighted by Gasteiger charge is 2.40. The molecule has 1 saturated heterocycles. The van der Waals surface area contributed by atoms with Gasteiger partial charge in [0.15, 0.2) is 24.3 Å². The van der Waals surface area contributed by atoms with Crippen LogP contribution in [0.2, 0.25) is 0 Å². The first kappa shape index (κ1) is 22.7. The van der Waals surface area contributed by atoms with Crippen molar-refractivity contribution in [2.45, 2.75) is 32.7 Å². The molecule has 7 nitrogen and oxygen atoms in total. The van der Waals surface area contributed by atoms with Gasteiger partial charge >= 0.3 is 18.2 Å². The molecule has 1 aliphatic heterocycles. The van der Waals surface area contributed by atoms with Gasteiger partial charge in [-0.1, -0.05) is 12.1 Å². The molecule has 1 unspecified atom stereocenters. The lowest BCUT2D eigenvalue weighted by atomic mass is 10.1. The number of hydrogen-bond donors (Lipinski definition) is 1. The second-order valence-corrected chi connectivity index (χ2v) is 6.70. The summed E-state index contributed by atoms with van der Waals surface area (Å²) in [5.74, 6) is -2.03. The molecule has 0 spiro atoms. The molecular formula is C18H22F4N2O5. The second kappa shape index (κ2) is 9.29. The molecular weight excluding hydrogens is 400 g/mol. The first-order chi connectivity index (χ1) is 13.5. The highest BCUT2D eigenvalue weighted by atomic mass is 19.4. The van der Waals surface area contributed by atoms with Gasteiger partial charge in [-0.15, -0.1) is 0 Å². The van der Waals surface area contributed by atoms with E-state index in [0.29, 0.717) is 24.2 Å². The summed E-state index contributed by atoms with van der Waals surface area (Å²) in [6.07, 6.45) is -7.86. The molecule has 0 saturated carbocycles. The fraction of sp³-hybridized carbons (Fsp3) is 0.556. The Morgan fingerprint density at radius 3 is 2.38 bits per heavy atom. The summed E-state index contributed by atoms with van der Waals surface area (Å²) in [5, 5.41) is 8.76. The maximum atomic E-state index is 14.4. The SMILES string of the molecule is Cc1ccc(CN2CCN(C(=O)OC(C)C(F)(F)F)CC2)c(OCC(=O)O)c1F. The van der Waals surface area contributed by atoms with Crippen molar-refractivity contribution in [2.24, 2.45) is 0 Å². The molecule has 1 aliphatic rings. The summed E-state index contributed by atoms with van der Waals surface area (Å²) in [5.41, 5.74) is 0.747. The zero-order chi connectivity index (χ0) is 21.8. The standard InChI is InChI=1S/C18H22F4N2O5/c1-11-3-4-13(16(15(11)19)28-10-14(25)26)9-23-5-7-24(8-6-23)17(27)29-12(2)18(20,21)22/h3-4,12H,5-10H2,1-2H3,(H,25,26). The number of nitrogens with zero attached hydrogens (tertiary/aromatic N) is 2. The molecule has 0 radical (unpaired) electrons. The summed E-state index contributed by atoms with van der Waals surface area (Å²) >= 11 is 0. The topological polar surface area (TPSA) is 79.3 Å². The van der Waals surface area contributed by atoms with E-state index in [9.17, 15) is 27.2 Å². The fourth-order valence-electron chi connectivity index (χ4n) is 2.73. The molecule has 1 aromatic carbocycles. The van der Waals surface area contributed by atoms with Gasteiger partial charge < -0.3 is 19.5 Å². The van der Waals surface area contributed by atoms with Crippen LogP contribution in [-0.2, 0) is 16.1 Å².